The zero-order valence-corrected chi connectivity index (χ0v) is 42.6. The summed E-state index contributed by atoms with van der Waals surface area (Å²) in [6.45, 7) is 22.7. The summed E-state index contributed by atoms with van der Waals surface area (Å²) >= 11 is 0. The number of benzene rings is 7. The van der Waals surface area contributed by atoms with Crippen LogP contribution in [0.4, 0.5) is 11.4 Å². The monoisotopic (exact) mass is 1070 g/mol. The number of aromatic nitrogens is 2. The second kappa shape index (κ2) is 18.1. The van der Waals surface area contributed by atoms with Crippen molar-refractivity contribution in [1.82, 2.24) is 9.55 Å². The van der Waals surface area contributed by atoms with Gasteiger partial charge < -0.3 is 19.1 Å². The van der Waals surface area contributed by atoms with Crippen LogP contribution in [0.15, 0.2) is 182 Å². The van der Waals surface area contributed by atoms with Crippen LogP contribution in [0.3, 0.4) is 0 Å². The molecule has 0 spiro atoms. The molecule has 0 saturated carbocycles. The first-order chi connectivity index (χ1) is 32.2. The maximum atomic E-state index is 6.92. The number of fused-ring (bicyclic) bond motifs is 3. The van der Waals surface area contributed by atoms with Crippen molar-refractivity contribution in [3.05, 3.63) is 234 Å². The van der Waals surface area contributed by atoms with Crippen LogP contribution in [0.5, 0.6) is 11.5 Å². The number of pyridine rings is 1. The Morgan fingerprint density at radius 2 is 1.18 bits per heavy atom. The average Bonchev–Trinajstić information content (AvgIpc) is 3.94. The van der Waals surface area contributed by atoms with Crippen molar-refractivity contribution in [2.24, 2.45) is 5.41 Å². The van der Waals surface area contributed by atoms with Gasteiger partial charge in [-0.3, -0.25) is 0 Å². The van der Waals surface area contributed by atoms with Crippen LogP contribution in [0.2, 0.25) is 0 Å². The first-order valence-corrected chi connectivity index (χ1v) is 23.3. The van der Waals surface area contributed by atoms with E-state index in [9.17, 15) is 0 Å². The van der Waals surface area contributed by atoms with Crippen LogP contribution in [0, 0.1) is 38.1 Å². The number of anilines is 2. The van der Waals surface area contributed by atoms with Gasteiger partial charge in [-0.25, -0.2) is 4.98 Å². The summed E-state index contributed by atoms with van der Waals surface area (Å²) in [4.78, 5) is 9.37. The normalized spacial score (nSPS) is 13.2. The quantitative estimate of drug-likeness (QED) is 0.128. The third kappa shape index (κ3) is 8.47. The van der Waals surface area contributed by atoms with Gasteiger partial charge in [0.15, 0.2) is 0 Å². The van der Waals surface area contributed by atoms with E-state index in [1.54, 1.807) is 0 Å². The molecule has 9 aromatic rings. The van der Waals surface area contributed by atoms with Gasteiger partial charge in [0.25, 0.3) is 0 Å². The SMILES string of the molecule is Cc1cccc(C)c1-c1cc(Oc2[c-]c(N3[CH-]N(c4cc(C(C)(C)c5ccccc5)cc(C(C)(C)c5ccccc5)c4)C=C3C(C)(C)C)ccc2)[c-]c2c1c1ccccc1n2-c1ccccn1.[Pt]. The molecule has 1 aliphatic rings. The second-order valence-electron chi connectivity index (χ2n) is 20.0. The topological polar surface area (TPSA) is 33.5 Å². The van der Waals surface area contributed by atoms with Crippen LogP contribution < -0.4 is 14.5 Å². The Kier molecular flexibility index (Phi) is 12.4. The van der Waals surface area contributed by atoms with Crippen LogP contribution >= 0.6 is 0 Å². The van der Waals surface area contributed by atoms with Gasteiger partial charge in [-0.2, -0.15) is 6.07 Å². The minimum atomic E-state index is -0.252. The zero-order valence-electron chi connectivity index (χ0n) is 40.3. The van der Waals surface area contributed by atoms with Crippen molar-refractivity contribution in [2.75, 3.05) is 9.80 Å². The van der Waals surface area contributed by atoms with E-state index in [-0.39, 0.29) is 37.3 Å². The minimum absolute atomic E-state index is 0. The fourth-order valence-electron chi connectivity index (χ4n) is 9.78. The standard InChI is InChI=1S/C62H57N4O.Pt/c1-42-22-20-23-43(2)58(42)53-38-51(39-55-59(53)52-30-16-17-31-54(52)66(55)57-32-18-19-33-63-57)67-50-29-21-28-48(37-50)65-41-64(40-56(65)60(3,4)5)49-35-46(61(6,7)44-24-12-10-13-25-44)34-47(36-49)62(8,9)45-26-14-11-15-27-45;/h10-36,38,40-41H,1-9H3;/q-3;. The number of ether oxygens (including phenoxy) is 1. The molecule has 0 amide bonds. The Labute approximate surface area is 417 Å². The van der Waals surface area contributed by atoms with Gasteiger partial charge in [0, 0.05) is 71.9 Å². The molecule has 0 atom stereocenters. The summed E-state index contributed by atoms with van der Waals surface area (Å²) in [6, 6.07) is 65.6. The van der Waals surface area contributed by atoms with Crippen LogP contribution in [0.1, 0.15) is 81.8 Å². The van der Waals surface area contributed by atoms with Gasteiger partial charge in [-0.1, -0.05) is 169 Å². The molecule has 0 aliphatic carbocycles. The van der Waals surface area contributed by atoms with Crippen molar-refractivity contribution in [3.63, 3.8) is 0 Å². The van der Waals surface area contributed by atoms with E-state index in [4.69, 9.17) is 9.72 Å². The van der Waals surface area contributed by atoms with E-state index in [0.29, 0.717) is 11.5 Å². The third-order valence-corrected chi connectivity index (χ3v) is 13.7. The molecule has 0 radical (unpaired) electrons. The first-order valence-electron chi connectivity index (χ1n) is 23.3. The van der Waals surface area contributed by atoms with Gasteiger partial charge in [0.05, 0.1) is 0 Å². The molecule has 2 aromatic heterocycles. The minimum Gasteiger partial charge on any atom is -0.509 e. The third-order valence-electron chi connectivity index (χ3n) is 13.7. The van der Waals surface area contributed by atoms with Crippen molar-refractivity contribution in [2.45, 2.75) is 73.1 Å². The smallest absolute Gasteiger partial charge is 0.135 e. The molecule has 7 aromatic carbocycles. The predicted molar refractivity (Wildman–Crippen MR) is 278 cm³/mol. The van der Waals surface area contributed by atoms with Gasteiger partial charge in [0.1, 0.15) is 5.82 Å². The largest absolute Gasteiger partial charge is 0.509 e. The van der Waals surface area contributed by atoms with Gasteiger partial charge in [-0.15, -0.1) is 48.3 Å². The number of para-hydroxylation sites is 1. The second-order valence-corrected chi connectivity index (χ2v) is 20.0. The molecule has 3 heterocycles. The van der Waals surface area contributed by atoms with Gasteiger partial charge in [-0.05, 0) is 94.7 Å². The molecule has 0 saturated heterocycles. The molecule has 0 unspecified atom stereocenters. The summed E-state index contributed by atoms with van der Waals surface area (Å²) in [5.41, 5.74) is 14.1. The number of nitrogens with zero attached hydrogens (tertiary/aromatic N) is 4. The number of aryl methyl sites for hydroxylation is 2. The van der Waals surface area contributed by atoms with Gasteiger partial charge in [0.2, 0.25) is 0 Å². The molecule has 5 nitrogen and oxygen atoms in total. The molecule has 344 valence electrons. The van der Waals surface area contributed by atoms with Crippen molar-refractivity contribution >= 4 is 33.2 Å². The van der Waals surface area contributed by atoms with Gasteiger partial charge >= 0.3 is 0 Å². The number of rotatable bonds is 10. The molecular formula is C62H57N4OPt-3. The van der Waals surface area contributed by atoms with Crippen LogP contribution in [0.25, 0.3) is 38.8 Å². The molecule has 10 rings (SSSR count). The summed E-state index contributed by atoms with van der Waals surface area (Å²) < 4.78 is 9.12. The predicted octanol–water partition coefficient (Wildman–Crippen LogP) is 15.8. The van der Waals surface area contributed by atoms with Crippen molar-refractivity contribution < 1.29 is 25.8 Å². The van der Waals surface area contributed by atoms with E-state index in [0.717, 1.165) is 50.3 Å². The first kappa shape index (κ1) is 46.4. The van der Waals surface area contributed by atoms with E-state index in [1.165, 1.54) is 38.9 Å². The fraction of sp³-hybridized carbons (Fsp3) is 0.194. The molecule has 6 heteroatoms. The van der Waals surface area contributed by atoms with E-state index in [2.05, 4.69) is 241 Å². The van der Waals surface area contributed by atoms with Crippen molar-refractivity contribution in [1.29, 1.82) is 0 Å². The number of hydrogen-bond donors (Lipinski definition) is 0. The Balaban J connectivity index is 0.00000578. The Morgan fingerprint density at radius 3 is 1.79 bits per heavy atom. The summed E-state index contributed by atoms with van der Waals surface area (Å²) in [5.74, 6) is 2.02. The molecule has 0 fully saturated rings. The number of hydrogen-bond acceptors (Lipinski definition) is 4. The molecule has 0 bridgehead atoms. The Bertz CT molecular complexity index is 3220. The maximum Gasteiger partial charge on any atom is 0.135 e. The van der Waals surface area contributed by atoms with E-state index >= 15 is 0 Å². The van der Waals surface area contributed by atoms with Crippen molar-refractivity contribution in [3.8, 4) is 28.4 Å². The number of allylic oxidation sites excluding steroid dienone is 1. The zero-order chi connectivity index (χ0) is 46.7. The average molecular weight is 1070 g/mol. The van der Waals surface area contributed by atoms with Crippen LogP contribution in [-0.4, -0.2) is 9.55 Å². The maximum absolute atomic E-state index is 6.92. The van der Waals surface area contributed by atoms with E-state index < -0.39 is 0 Å². The van der Waals surface area contributed by atoms with E-state index in [1.807, 2.05) is 30.5 Å². The van der Waals surface area contributed by atoms with Crippen LogP contribution in [-0.2, 0) is 31.9 Å². The molecule has 0 N–H and O–H groups in total. The molecular weight excluding hydrogens is 1010 g/mol. The summed E-state index contributed by atoms with van der Waals surface area (Å²) in [5, 5.41) is 2.25. The Hall–Kier alpha value is -6.68. The summed E-state index contributed by atoms with van der Waals surface area (Å²) in [6.07, 6.45) is 4.12. The molecule has 68 heavy (non-hydrogen) atoms. The summed E-state index contributed by atoms with van der Waals surface area (Å²) in [7, 11) is 0. The molecule has 1 aliphatic heterocycles. The fourth-order valence-corrected chi connectivity index (χ4v) is 9.78. The Morgan fingerprint density at radius 1 is 0.574 bits per heavy atom.